The van der Waals surface area contributed by atoms with Crippen LogP contribution in [0.5, 0.6) is 0 Å². The predicted octanol–water partition coefficient (Wildman–Crippen LogP) is 6.79. The smallest absolute Gasteiger partial charge is 0.322 e. The molecule has 7 heteroatoms. The van der Waals surface area contributed by atoms with Crippen LogP contribution in [0.3, 0.4) is 0 Å². The van der Waals surface area contributed by atoms with Crippen molar-refractivity contribution in [2.24, 2.45) is 0 Å². The Bertz CT molecular complexity index is 1290. The van der Waals surface area contributed by atoms with E-state index in [1.807, 2.05) is 18.2 Å². The van der Waals surface area contributed by atoms with Gasteiger partial charge in [-0.3, -0.25) is 0 Å². The van der Waals surface area contributed by atoms with Crippen molar-refractivity contribution in [1.82, 2.24) is 9.88 Å². The minimum atomic E-state index is -0.394. The van der Waals surface area contributed by atoms with Crippen molar-refractivity contribution in [2.45, 2.75) is 12.5 Å². The summed E-state index contributed by atoms with van der Waals surface area (Å²) in [7, 11) is 0. The van der Waals surface area contributed by atoms with Gasteiger partial charge in [-0.1, -0.05) is 41.4 Å². The second-order valence-electron chi connectivity index (χ2n) is 7.55. The molecule has 4 nitrogen and oxygen atoms in total. The Morgan fingerprint density at radius 3 is 2.58 bits per heavy atom. The van der Waals surface area contributed by atoms with Crippen molar-refractivity contribution >= 4 is 45.8 Å². The quantitative estimate of drug-likeness (QED) is 0.344. The molecule has 0 saturated heterocycles. The number of nitrogens with one attached hydrogen (secondary N) is 2. The van der Waals surface area contributed by atoms with Gasteiger partial charge in [-0.2, -0.15) is 0 Å². The molecule has 0 fully saturated rings. The summed E-state index contributed by atoms with van der Waals surface area (Å²) in [6.07, 6.45) is 0.677. The normalized spacial score (nSPS) is 15.7. The number of benzene rings is 3. The molecule has 4 aromatic rings. The number of aromatic nitrogens is 1. The number of hydrogen-bond acceptors (Lipinski definition) is 1. The van der Waals surface area contributed by atoms with Crippen molar-refractivity contribution < 1.29 is 9.18 Å². The van der Waals surface area contributed by atoms with Gasteiger partial charge in [0.2, 0.25) is 0 Å². The summed E-state index contributed by atoms with van der Waals surface area (Å²) in [5.41, 5.74) is 4.43. The molecule has 0 radical (unpaired) electrons. The monoisotopic (exact) mass is 453 g/mol. The number of aromatic amines is 1. The van der Waals surface area contributed by atoms with Gasteiger partial charge in [-0.05, 0) is 66.1 Å². The molecular weight excluding hydrogens is 436 g/mol. The lowest BCUT2D eigenvalue weighted by molar-refractivity contribution is 0.193. The molecule has 2 N–H and O–H groups in total. The largest absolute Gasteiger partial charge is 0.356 e. The van der Waals surface area contributed by atoms with E-state index in [9.17, 15) is 9.18 Å². The maximum atomic E-state index is 13.6. The summed E-state index contributed by atoms with van der Waals surface area (Å²) in [5, 5.41) is 5.18. The number of H-pyrrole nitrogens is 1. The highest BCUT2D eigenvalue weighted by Crippen LogP contribution is 2.39. The number of nitrogens with zero attached hydrogens (tertiary/aromatic N) is 1. The number of carbonyl (C=O) groups is 1. The summed E-state index contributed by atoms with van der Waals surface area (Å²) < 4.78 is 13.6. The summed E-state index contributed by atoms with van der Waals surface area (Å²) in [4.78, 5) is 18.5. The van der Waals surface area contributed by atoms with Gasteiger partial charge in [0.05, 0.1) is 6.04 Å². The molecule has 31 heavy (non-hydrogen) atoms. The Morgan fingerprint density at radius 2 is 1.81 bits per heavy atom. The Hall–Kier alpha value is -3.02. The fourth-order valence-corrected chi connectivity index (χ4v) is 4.60. The Kier molecular flexibility index (Phi) is 5.08. The maximum Gasteiger partial charge on any atom is 0.322 e. The summed E-state index contributed by atoms with van der Waals surface area (Å²) in [6.45, 7) is 0.501. The first-order valence-corrected chi connectivity index (χ1v) is 10.6. The lowest BCUT2D eigenvalue weighted by Gasteiger charge is -2.36. The van der Waals surface area contributed by atoms with E-state index in [-0.39, 0.29) is 11.8 Å². The molecule has 156 valence electrons. The van der Waals surface area contributed by atoms with E-state index in [1.54, 1.807) is 41.3 Å². The van der Waals surface area contributed by atoms with Gasteiger partial charge in [0.25, 0.3) is 0 Å². The van der Waals surface area contributed by atoms with Gasteiger partial charge in [-0.25, -0.2) is 9.18 Å². The van der Waals surface area contributed by atoms with Crippen molar-refractivity contribution in [2.75, 3.05) is 11.9 Å². The van der Waals surface area contributed by atoms with Crippen LogP contribution in [-0.2, 0) is 6.42 Å². The van der Waals surface area contributed by atoms with Crippen LogP contribution in [0.2, 0.25) is 10.0 Å². The predicted molar refractivity (Wildman–Crippen MR) is 122 cm³/mol. The molecule has 1 aliphatic rings. The number of carbonyl (C=O) groups excluding carboxylic acids is 1. The zero-order valence-electron chi connectivity index (χ0n) is 16.3. The third-order valence-electron chi connectivity index (χ3n) is 5.61. The number of fused-ring (bicyclic) bond motifs is 3. The summed E-state index contributed by atoms with van der Waals surface area (Å²) >= 11 is 12.3. The molecule has 0 bridgehead atoms. The van der Waals surface area contributed by atoms with Crippen LogP contribution in [0.4, 0.5) is 14.9 Å². The summed E-state index contributed by atoms with van der Waals surface area (Å²) in [6, 6.07) is 18.4. The van der Waals surface area contributed by atoms with Gasteiger partial charge in [0.1, 0.15) is 5.82 Å². The van der Waals surface area contributed by atoms with Gasteiger partial charge in [0, 0.05) is 38.9 Å². The van der Waals surface area contributed by atoms with Crippen LogP contribution in [0, 0.1) is 5.82 Å². The van der Waals surface area contributed by atoms with Gasteiger partial charge in [-0.15, -0.1) is 0 Å². The van der Waals surface area contributed by atoms with Crippen LogP contribution >= 0.6 is 23.2 Å². The topological polar surface area (TPSA) is 48.1 Å². The fourth-order valence-electron chi connectivity index (χ4n) is 4.23. The first-order valence-electron chi connectivity index (χ1n) is 9.88. The fraction of sp³-hybridized carbons (Fsp3) is 0.125. The highest BCUT2D eigenvalue weighted by molar-refractivity contribution is 6.31. The van der Waals surface area contributed by atoms with E-state index in [2.05, 4.69) is 10.3 Å². The minimum Gasteiger partial charge on any atom is -0.356 e. The van der Waals surface area contributed by atoms with Crippen molar-refractivity contribution in [3.8, 4) is 0 Å². The standard InChI is InChI=1S/C24H18Cl2FN3O/c25-15-2-1-3-18(12-15)28-24(31)30-11-10-19-20-13-16(26)6-9-21(20)29-22(19)23(30)14-4-7-17(27)8-5-14/h1-9,12-13,23,29H,10-11H2,(H,28,31)/t23-/m0/s1. The molecule has 1 aliphatic heterocycles. The second-order valence-corrected chi connectivity index (χ2v) is 8.42. The lowest BCUT2D eigenvalue weighted by atomic mass is 9.92. The zero-order valence-corrected chi connectivity index (χ0v) is 17.8. The van der Waals surface area contributed by atoms with Gasteiger partial charge in [0.15, 0.2) is 0 Å². The molecule has 0 unspecified atom stereocenters. The highest BCUT2D eigenvalue weighted by Gasteiger charge is 2.34. The molecule has 5 rings (SSSR count). The zero-order chi connectivity index (χ0) is 21.5. The number of anilines is 1. The molecule has 3 aromatic carbocycles. The second kappa shape index (κ2) is 7.91. The molecule has 2 heterocycles. The molecule has 0 aliphatic carbocycles. The molecule has 0 spiro atoms. The first kappa shape index (κ1) is 19.9. The first-order chi connectivity index (χ1) is 15.0. The van der Waals surface area contributed by atoms with Crippen LogP contribution in [-0.4, -0.2) is 22.5 Å². The number of halogens is 3. The summed E-state index contributed by atoms with van der Waals surface area (Å²) in [5.74, 6) is -0.321. The molecular formula is C24H18Cl2FN3O. The van der Waals surface area contributed by atoms with E-state index >= 15 is 0 Å². The Labute approximate surface area is 188 Å². The SMILES string of the molecule is O=C(Nc1cccc(Cl)c1)N1CCc2c([nH]c3ccc(Cl)cc23)[C@@H]1c1ccc(F)cc1. The number of hydrogen-bond donors (Lipinski definition) is 2. The van der Waals surface area contributed by atoms with E-state index in [4.69, 9.17) is 23.2 Å². The van der Waals surface area contributed by atoms with Crippen LogP contribution in [0.1, 0.15) is 22.9 Å². The number of urea groups is 1. The van der Waals surface area contributed by atoms with Gasteiger partial charge >= 0.3 is 6.03 Å². The average Bonchev–Trinajstić information content (AvgIpc) is 3.11. The molecule has 1 aromatic heterocycles. The van der Waals surface area contributed by atoms with E-state index in [1.165, 1.54) is 12.1 Å². The molecule has 1 atom stereocenters. The van der Waals surface area contributed by atoms with E-state index in [0.717, 1.165) is 27.7 Å². The van der Waals surface area contributed by atoms with E-state index < -0.39 is 6.04 Å². The van der Waals surface area contributed by atoms with Crippen LogP contribution in [0.25, 0.3) is 10.9 Å². The van der Waals surface area contributed by atoms with Crippen LogP contribution in [0.15, 0.2) is 66.7 Å². The minimum absolute atomic E-state index is 0.251. The lowest BCUT2D eigenvalue weighted by Crippen LogP contribution is -2.43. The third kappa shape index (κ3) is 3.75. The van der Waals surface area contributed by atoms with E-state index in [0.29, 0.717) is 28.7 Å². The maximum absolute atomic E-state index is 13.6. The Balaban J connectivity index is 1.59. The van der Waals surface area contributed by atoms with Crippen molar-refractivity contribution in [3.05, 3.63) is 99.4 Å². The van der Waals surface area contributed by atoms with Crippen LogP contribution < -0.4 is 5.32 Å². The van der Waals surface area contributed by atoms with Crippen molar-refractivity contribution in [1.29, 1.82) is 0 Å². The van der Waals surface area contributed by atoms with Crippen molar-refractivity contribution in [3.63, 3.8) is 0 Å². The van der Waals surface area contributed by atoms with Gasteiger partial charge < -0.3 is 15.2 Å². The number of rotatable bonds is 2. The highest BCUT2D eigenvalue weighted by atomic mass is 35.5. The average molecular weight is 454 g/mol. The Morgan fingerprint density at radius 1 is 1.03 bits per heavy atom. The molecule has 0 saturated carbocycles. The third-order valence-corrected chi connectivity index (χ3v) is 6.08. The number of amides is 2. The molecule has 2 amide bonds.